The topological polar surface area (TPSA) is 41.1 Å². The normalized spacial score (nSPS) is 16.4. The summed E-state index contributed by atoms with van der Waals surface area (Å²) in [6.45, 7) is 2.04. The molecule has 0 bridgehead atoms. The zero-order valence-electron chi connectivity index (χ0n) is 11.3. The maximum absolute atomic E-state index is 4.56. The van der Waals surface area contributed by atoms with E-state index in [0.717, 1.165) is 29.3 Å². The first-order valence-corrected chi connectivity index (χ1v) is 8.49. The van der Waals surface area contributed by atoms with Crippen LogP contribution in [0.2, 0.25) is 0 Å². The van der Waals surface area contributed by atoms with Gasteiger partial charge in [-0.2, -0.15) is 16.3 Å². The van der Waals surface area contributed by atoms with E-state index >= 15 is 0 Å². The molecule has 3 heterocycles. The van der Waals surface area contributed by atoms with Crippen molar-refractivity contribution in [1.29, 1.82) is 0 Å². The van der Waals surface area contributed by atoms with Crippen LogP contribution in [0.5, 0.6) is 0 Å². The molecule has 106 valence electrons. The number of nitrogens with one attached hydrogen (secondary N) is 1. The maximum Gasteiger partial charge on any atom is 0.227 e. The number of piperidine rings is 1. The molecule has 4 nitrogen and oxygen atoms in total. The summed E-state index contributed by atoms with van der Waals surface area (Å²) in [4.78, 5) is 11.3. The lowest BCUT2D eigenvalue weighted by Gasteiger charge is -2.32. The lowest BCUT2D eigenvalue weighted by Crippen LogP contribution is -2.34. The zero-order chi connectivity index (χ0) is 13.9. The molecule has 1 aliphatic heterocycles. The van der Waals surface area contributed by atoms with Crippen LogP contribution in [0.15, 0.2) is 27.5 Å². The van der Waals surface area contributed by atoms with Crippen molar-refractivity contribution < 1.29 is 0 Å². The number of anilines is 2. The van der Waals surface area contributed by atoms with E-state index in [1.165, 1.54) is 18.4 Å². The van der Waals surface area contributed by atoms with E-state index in [2.05, 4.69) is 52.9 Å². The maximum atomic E-state index is 4.56. The Morgan fingerprint density at radius 3 is 2.85 bits per heavy atom. The third-order valence-electron chi connectivity index (χ3n) is 3.76. The van der Waals surface area contributed by atoms with Crippen molar-refractivity contribution in [2.24, 2.45) is 0 Å². The molecule has 1 fully saturated rings. The van der Waals surface area contributed by atoms with E-state index in [4.69, 9.17) is 0 Å². The second-order valence-electron chi connectivity index (χ2n) is 4.93. The highest BCUT2D eigenvalue weighted by Crippen LogP contribution is 2.31. The predicted octanol–water partition coefficient (Wildman–Crippen LogP) is 3.73. The molecule has 0 spiro atoms. The highest BCUT2D eigenvalue weighted by Gasteiger charge is 2.22. The molecular weight excluding hydrogens is 336 g/mol. The van der Waals surface area contributed by atoms with Crippen LogP contribution in [-0.4, -0.2) is 30.1 Å². The molecule has 20 heavy (non-hydrogen) atoms. The Kier molecular flexibility index (Phi) is 4.21. The summed E-state index contributed by atoms with van der Waals surface area (Å²) < 4.78 is 0.900. The van der Waals surface area contributed by atoms with Crippen molar-refractivity contribution in [3.05, 3.63) is 33.1 Å². The monoisotopic (exact) mass is 352 g/mol. The van der Waals surface area contributed by atoms with E-state index in [-0.39, 0.29) is 0 Å². The molecule has 1 saturated heterocycles. The van der Waals surface area contributed by atoms with Crippen molar-refractivity contribution in [2.45, 2.75) is 18.8 Å². The summed E-state index contributed by atoms with van der Waals surface area (Å²) in [6, 6.07) is 2.25. The molecule has 6 heteroatoms. The van der Waals surface area contributed by atoms with Gasteiger partial charge in [0.05, 0.1) is 4.47 Å². The van der Waals surface area contributed by atoms with Gasteiger partial charge in [0.2, 0.25) is 5.95 Å². The predicted molar refractivity (Wildman–Crippen MR) is 87.8 cm³/mol. The van der Waals surface area contributed by atoms with E-state index in [0.29, 0.717) is 5.92 Å². The largest absolute Gasteiger partial charge is 0.372 e. The molecule has 1 aliphatic rings. The first kappa shape index (κ1) is 13.8. The summed E-state index contributed by atoms with van der Waals surface area (Å²) in [5, 5.41) is 7.52. The second kappa shape index (κ2) is 6.10. The Hall–Kier alpha value is -1.14. The van der Waals surface area contributed by atoms with Crippen molar-refractivity contribution >= 4 is 39.0 Å². The van der Waals surface area contributed by atoms with Crippen LogP contribution >= 0.6 is 27.3 Å². The molecule has 0 radical (unpaired) electrons. The van der Waals surface area contributed by atoms with Crippen LogP contribution < -0.4 is 10.2 Å². The lowest BCUT2D eigenvalue weighted by molar-refractivity contribution is 0.500. The molecule has 2 aromatic rings. The lowest BCUT2D eigenvalue weighted by atomic mass is 9.91. The number of nitrogens with zero attached hydrogens (tertiary/aromatic N) is 3. The number of rotatable bonds is 3. The molecule has 1 N–H and O–H groups in total. The highest BCUT2D eigenvalue weighted by atomic mass is 79.9. The SMILES string of the molecule is CNc1nc(N2CCC(c3ccsc3)CC2)ncc1Br. The third-order valence-corrected chi connectivity index (χ3v) is 5.04. The summed E-state index contributed by atoms with van der Waals surface area (Å²) in [5.74, 6) is 2.35. The number of hydrogen-bond acceptors (Lipinski definition) is 5. The Balaban J connectivity index is 1.69. The van der Waals surface area contributed by atoms with Gasteiger partial charge in [-0.05, 0) is 57.1 Å². The summed E-state index contributed by atoms with van der Waals surface area (Å²) >= 11 is 5.23. The number of thiophene rings is 1. The van der Waals surface area contributed by atoms with Gasteiger partial charge in [0.25, 0.3) is 0 Å². The Morgan fingerprint density at radius 1 is 1.40 bits per heavy atom. The second-order valence-corrected chi connectivity index (χ2v) is 6.57. The van der Waals surface area contributed by atoms with Crippen LogP contribution in [0.3, 0.4) is 0 Å². The summed E-state index contributed by atoms with van der Waals surface area (Å²) in [6.07, 6.45) is 4.16. The van der Waals surface area contributed by atoms with Gasteiger partial charge in [0, 0.05) is 26.3 Å². The van der Waals surface area contributed by atoms with Gasteiger partial charge in [-0.3, -0.25) is 0 Å². The Bertz CT molecular complexity index is 565. The van der Waals surface area contributed by atoms with Gasteiger partial charge < -0.3 is 10.2 Å². The third kappa shape index (κ3) is 2.81. The Labute approximate surface area is 131 Å². The zero-order valence-corrected chi connectivity index (χ0v) is 13.7. The van der Waals surface area contributed by atoms with Gasteiger partial charge in [0.1, 0.15) is 5.82 Å². The molecule has 0 amide bonds. The summed E-state index contributed by atoms with van der Waals surface area (Å²) in [7, 11) is 1.87. The minimum absolute atomic E-state index is 0.691. The number of hydrogen-bond donors (Lipinski definition) is 1. The van der Waals surface area contributed by atoms with Crippen LogP contribution in [0.4, 0.5) is 11.8 Å². The average molecular weight is 353 g/mol. The van der Waals surface area contributed by atoms with E-state index in [1.54, 1.807) is 11.3 Å². The molecule has 3 rings (SSSR count). The van der Waals surface area contributed by atoms with Crippen LogP contribution in [0, 0.1) is 0 Å². The molecule has 0 atom stereocenters. The highest BCUT2D eigenvalue weighted by molar-refractivity contribution is 9.10. The quantitative estimate of drug-likeness (QED) is 0.913. The first-order valence-electron chi connectivity index (χ1n) is 6.75. The number of aromatic nitrogens is 2. The van der Waals surface area contributed by atoms with Crippen molar-refractivity contribution in [3.8, 4) is 0 Å². The van der Waals surface area contributed by atoms with Gasteiger partial charge >= 0.3 is 0 Å². The molecule has 0 unspecified atom stereocenters. The fourth-order valence-corrected chi connectivity index (χ4v) is 3.74. The smallest absolute Gasteiger partial charge is 0.227 e. The fraction of sp³-hybridized carbons (Fsp3) is 0.429. The average Bonchev–Trinajstić information content (AvgIpc) is 3.02. The van der Waals surface area contributed by atoms with Gasteiger partial charge in [0.15, 0.2) is 0 Å². The molecule has 0 saturated carbocycles. The van der Waals surface area contributed by atoms with Crippen LogP contribution in [0.1, 0.15) is 24.3 Å². The standard InChI is InChI=1S/C14H17BrN4S/c1-16-13-12(15)8-17-14(18-13)19-5-2-10(3-6-19)11-4-7-20-9-11/h4,7-10H,2-3,5-6H2,1H3,(H,16,17,18). The number of halogens is 1. The van der Waals surface area contributed by atoms with Crippen LogP contribution in [-0.2, 0) is 0 Å². The first-order chi connectivity index (χ1) is 9.78. The molecule has 0 aliphatic carbocycles. The summed E-state index contributed by atoms with van der Waals surface area (Å²) in [5.41, 5.74) is 1.49. The van der Waals surface area contributed by atoms with Crippen molar-refractivity contribution in [2.75, 3.05) is 30.4 Å². The van der Waals surface area contributed by atoms with E-state index < -0.39 is 0 Å². The van der Waals surface area contributed by atoms with E-state index in [1.807, 2.05) is 13.2 Å². The van der Waals surface area contributed by atoms with Crippen molar-refractivity contribution in [1.82, 2.24) is 9.97 Å². The van der Waals surface area contributed by atoms with Crippen LogP contribution in [0.25, 0.3) is 0 Å². The van der Waals surface area contributed by atoms with Gasteiger partial charge in [-0.15, -0.1) is 0 Å². The van der Waals surface area contributed by atoms with E-state index in [9.17, 15) is 0 Å². The molecule has 0 aromatic carbocycles. The molecular formula is C14H17BrN4S. The van der Waals surface area contributed by atoms with Gasteiger partial charge in [-0.1, -0.05) is 0 Å². The minimum atomic E-state index is 0.691. The van der Waals surface area contributed by atoms with Crippen molar-refractivity contribution in [3.63, 3.8) is 0 Å². The molecule has 2 aromatic heterocycles. The minimum Gasteiger partial charge on any atom is -0.372 e. The van der Waals surface area contributed by atoms with Gasteiger partial charge in [-0.25, -0.2) is 4.98 Å². The fourth-order valence-electron chi connectivity index (χ4n) is 2.61. The Morgan fingerprint density at radius 2 is 2.20 bits per heavy atom.